The van der Waals surface area contributed by atoms with Crippen LogP contribution in [0.1, 0.15) is 24.1 Å². The lowest BCUT2D eigenvalue weighted by Crippen LogP contribution is -2.24. The maximum absolute atomic E-state index is 14.0. The molecule has 0 bridgehead atoms. The number of hydrogen-bond acceptors (Lipinski definition) is 1. The highest BCUT2D eigenvalue weighted by atomic mass is 79.9. The van der Waals surface area contributed by atoms with Crippen LogP contribution in [0.5, 0.6) is 0 Å². The van der Waals surface area contributed by atoms with Crippen molar-refractivity contribution in [2.75, 3.05) is 6.54 Å². The van der Waals surface area contributed by atoms with E-state index in [0.717, 1.165) is 4.47 Å². The van der Waals surface area contributed by atoms with Gasteiger partial charge in [-0.1, -0.05) is 41.1 Å². The summed E-state index contributed by atoms with van der Waals surface area (Å²) in [5.74, 6) is -2.72. The van der Waals surface area contributed by atoms with Crippen LogP contribution in [0.15, 0.2) is 40.9 Å². The Morgan fingerprint density at radius 2 is 1.70 bits per heavy atom. The van der Waals surface area contributed by atoms with Gasteiger partial charge in [-0.3, -0.25) is 0 Å². The summed E-state index contributed by atoms with van der Waals surface area (Å²) >= 11 is 3.37. The molecule has 5 heteroatoms. The Kier molecular flexibility index (Phi) is 4.83. The third-order valence-corrected chi connectivity index (χ3v) is 3.68. The molecule has 0 amide bonds. The van der Waals surface area contributed by atoms with Gasteiger partial charge < -0.3 is 5.32 Å². The molecule has 1 N–H and O–H groups in total. The maximum atomic E-state index is 14.0. The largest absolute Gasteiger partial charge is 0.306 e. The minimum Gasteiger partial charge on any atom is -0.306 e. The predicted molar refractivity (Wildman–Crippen MR) is 76.0 cm³/mol. The first-order valence-electron chi connectivity index (χ1n) is 6.16. The summed E-state index contributed by atoms with van der Waals surface area (Å²) in [6, 6.07) is 7.85. The molecule has 20 heavy (non-hydrogen) atoms. The summed E-state index contributed by atoms with van der Waals surface area (Å²) in [5, 5.41) is 3.02. The molecular weight excluding hydrogens is 331 g/mol. The second-order valence-corrected chi connectivity index (χ2v) is 5.15. The Hall–Kier alpha value is -1.33. The molecule has 2 aromatic rings. The number of benzene rings is 2. The fourth-order valence-electron chi connectivity index (χ4n) is 2.11. The number of halogens is 4. The van der Waals surface area contributed by atoms with Crippen molar-refractivity contribution >= 4 is 15.9 Å². The molecule has 1 atom stereocenters. The quantitative estimate of drug-likeness (QED) is 0.857. The Balaban J connectivity index is 2.58. The lowest BCUT2D eigenvalue weighted by Gasteiger charge is -2.21. The molecule has 0 aliphatic heterocycles. The standard InChI is InChI=1S/C15H13BrF3N/c1-2-20-15(10-5-3-4-6-11(10)16)14-12(18)7-9(17)8-13(14)19/h3-8,15,20H,2H2,1H3. The van der Waals surface area contributed by atoms with E-state index in [1.807, 2.05) is 13.0 Å². The van der Waals surface area contributed by atoms with E-state index in [9.17, 15) is 13.2 Å². The Morgan fingerprint density at radius 1 is 1.10 bits per heavy atom. The zero-order valence-corrected chi connectivity index (χ0v) is 12.3. The number of hydrogen-bond donors (Lipinski definition) is 1. The van der Waals surface area contributed by atoms with E-state index in [0.29, 0.717) is 24.2 Å². The van der Waals surface area contributed by atoms with E-state index >= 15 is 0 Å². The van der Waals surface area contributed by atoms with Crippen LogP contribution in [-0.2, 0) is 0 Å². The average molecular weight is 344 g/mol. The van der Waals surface area contributed by atoms with Gasteiger partial charge in [0.2, 0.25) is 0 Å². The smallest absolute Gasteiger partial charge is 0.134 e. The van der Waals surface area contributed by atoms with Crippen molar-refractivity contribution in [3.63, 3.8) is 0 Å². The first-order chi connectivity index (χ1) is 9.54. The van der Waals surface area contributed by atoms with E-state index < -0.39 is 23.5 Å². The van der Waals surface area contributed by atoms with Crippen LogP contribution in [0.4, 0.5) is 13.2 Å². The third kappa shape index (κ3) is 3.04. The SMILES string of the molecule is CCNC(c1ccccc1Br)c1c(F)cc(F)cc1F. The van der Waals surface area contributed by atoms with Gasteiger partial charge in [-0.25, -0.2) is 13.2 Å². The van der Waals surface area contributed by atoms with Crippen LogP contribution in [0.25, 0.3) is 0 Å². The van der Waals surface area contributed by atoms with Crippen molar-refractivity contribution in [3.8, 4) is 0 Å². The van der Waals surface area contributed by atoms with Gasteiger partial charge >= 0.3 is 0 Å². The fraction of sp³-hybridized carbons (Fsp3) is 0.200. The highest BCUT2D eigenvalue weighted by Crippen LogP contribution is 2.31. The third-order valence-electron chi connectivity index (χ3n) is 2.96. The van der Waals surface area contributed by atoms with Crippen LogP contribution >= 0.6 is 15.9 Å². The predicted octanol–water partition coefficient (Wildman–Crippen LogP) is 4.57. The summed E-state index contributed by atoms with van der Waals surface area (Å²) in [6.07, 6.45) is 0. The number of nitrogens with one attached hydrogen (secondary N) is 1. The summed E-state index contributed by atoms with van der Waals surface area (Å²) in [7, 11) is 0. The van der Waals surface area contributed by atoms with Gasteiger partial charge in [-0.05, 0) is 18.2 Å². The molecule has 1 unspecified atom stereocenters. The fourth-order valence-corrected chi connectivity index (χ4v) is 2.62. The molecule has 0 aromatic heterocycles. The Morgan fingerprint density at radius 3 is 2.25 bits per heavy atom. The highest BCUT2D eigenvalue weighted by molar-refractivity contribution is 9.10. The van der Waals surface area contributed by atoms with Crippen molar-refractivity contribution in [1.82, 2.24) is 5.32 Å². The van der Waals surface area contributed by atoms with E-state index in [2.05, 4.69) is 21.2 Å². The maximum Gasteiger partial charge on any atom is 0.134 e. The molecule has 0 radical (unpaired) electrons. The van der Waals surface area contributed by atoms with Crippen molar-refractivity contribution in [1.29, 1.82) is 0 Å². The summed E-state index contributed by atoms with van der Waals surface area (Å²) in [6.45, 7) is 2.35. The topological polar surface area (TPSA) is 12.0 Å². The van der Waals surface area contributed by atoms with Gasteiger partial charge in [0.25, 0.3) is 0 Å². The van der Waals surface area contributed by atoms with Gasteiger partial charge in [-0.15, -0.1) is 0 Å². The van der Waals surface area contributed by atoms with Crippen LogP contribution in [-0.4, -0.2) is 6.54 Å². The minimum absolute atomic E-state index is 0.180. The van der Waals surface area contributed by atoms with Gasteiger partial charge in [0, 0.05) is 22.2 Å². The van der Waals surface area contributed by atoms with E-state index in [1.165, 1.54) is 0 Å². The highest BCUT2D eigenvalue weighted by Gasteiger charge is 2.23. The molecule has 0 spiro atoms. The first-order valence-corrected chi connectivity index (χ1v) is 6.96. The van der Waals surface area contributed by atoms with Crippen LogP contribution < -0.4 is 5.32 Å². The molecule has 1 nitrogen and oxygen atoms in total. The lowest BCUT2D eigenvalue weighted by atomic mass is 9.97. The van der Waals surface area contributed by atoms with E-state index in [1.54, 1.807) is 18.2 Å². The number of rotatable bonds is 4. The molecular formula is C15H13BrF3N. The zero-order chi connectivity index (χ0) is 14.7. The zero-order valence-electron chi connectivity index (χ0n) is 10.8. The molecule has 0 saturated carbocycles. The summed E-state index contributed by atoms with van der Waals surface area (Å²) in [5.41, 5.74) is 0.513. The Labute approximate surface area is 123 Å². The molecule has 2 rings (SSSR count). The molecule has 0 aliphatic carbocycles. The summed E-state index contributed by atoms with van der Waals surface area (Å²) < 4.78 is 41.7. The summed E-state index contributed by atoms with van der Waals surface area (Å²) in [4.78, 5) is 0. The van der Waals surface area contributed by atoms with Crippen LogP contribution in [0.2, 0.25) is 0 Å². The van der Waals surface area contributed by atoms with E-state index in [-0.39, 0.29) is 5.56 Å². The lowest BCUT2D eigenvalue weighted by molar-refractivity contribution is 0.491. The Bertz CT molecular complexity index is 593. The van der Waals surface area contributed by atoms with Crippen LogP contribution in [0, 0.1) is 17.5 Å². The van der Waals surface area contributed by atoms with Crippen LogP contribution in [0.3, 0.4) is 0 Å². The minimum atomic E-state index is -0.925. The van der Waals surface area contributed by atoms with Gasteiger partial charge in [0.05, 0.1) is 6.04 Å². The molecule has 106 valence electrons. The second-order valence-electron chi connectivity index (χ2n) is 4.30. The molecule has 0 aliphatic rings. The van der Waals surface area contributed by atoms with Gasteiger partial charge in [-0.2, -0.15) is 0 Å². The molecule has 0 fully saturated rings. The molecule has 0 saturated heterocycles. The molecule has 0 heterocycles. The van der Waals surface area contributed by atoms with Crippen molar-refractivity contribution in [2.24, 2.45) is 0 Å². The van der Waals surface area contributed by atoms with Crippen molar-refractivity contribution in [2.45, 2.75) is 13.0 Å². The average Bonchev–Trinajstić information content (AvgIpc) is 2.37. The normalized spacial score (nSPS) is 12.4. The monoisotopic (exact) mass is 343 g/mol. The van der Waals surface area contributed by atoms with Gasteiger partial charge in [0.15, 0.2) is 0 Å². The van der Waals surface area contributed by atoms with Gasteiger partial charge in [0.1, 0.15) is 17.5 Å². The second kappa shape index (κ2) is 6.41. The van der Waals surface area contributed by atoms with E-state index in [4.69, 9.17) is 0 Å². The van der Waals surface area contributed by atoms with Crippen molar-refractivity contribution < 1.29 is 13.2 Å². The molecule has 2 aromatic carbocycles. The van der Waals surface area contributed by atoms with Crippen molar-refractivity contribution in [3.05, 3.63) is 69.4 Å². The first kappa shape index (κ1) is 15.1.